The van der Waals surface area contributed by atoms with Crippen LogP contribution in [0.1, 0.15) is 5.56 Å². The maximum atomic E-state index is 10.2. The van der Waals surface area contributed by atoms with Crippen LogP contribution >= 0.6 is 12.1 Å². The molecule has 1 N–H and O–H groups in total. The quantitative estimate of drug-likeness (QED) is 0.764. The molecule has 0 aromatic heterocycles. The Morgan fingerprint density at radius 1 is 1.33 bits per heavy atom. The van der Waals surface area contributed by atoms with Crippen LogP contribution in [0.5, 0.6) is 0 Å². The summed E-state index contributed by atoms with van der Waals surface area (Å²) in [5.74, 6) is 0. The van der Waals surface area contributed by atoms with E-state index in [2.05, 4.69) is 17.4 Å². The SMILES string of the molecule is CNCc1ccccc1.CSF. The third-order valence-corrected chi connectivity index (χ3v) is 1.22. The summed E-state index contributed by atoms with van der Waals surface area (Å²) in [6.45, 7) is 0.959. The predicted octanol–water partition coefficient (Wildman–Crippen LogP) is 2.64. The van der Waals surface area contributed by atoms with Gasteiger partial charge in [-0.25, -0.2) is 0 Å². The molecule has 0 saturated carbocycles. The first-order valence-corrected chi connectivity index (χ1v) is 4.81. The minimum absolute atomic E-state index is 0.250. The molecule has 0 fully saturated rings. The first-order chi connectivity index (χ1) is 5.85. The Labute approximate surface area is 77.7 Å². The van der Waals surface area contributed by atoms with Crippen LogP contribution < -0.4 is 5.32 Å². The predicted molar refractivity (Wildman–Crippen MR) is 53.8 cm³/mol. The van der Waals surface area contributed by atoms with Crippen molar-refractivity contribution in [1.29, 1.82) is 0 Å². The average Bonchev–Trinajstić information content (AvgIpc) is 2.08. The summed E-state index contributed by atoms with van der Waals surface area (Å²) in [6, 6.07) is 10.3. The molecular weight excluding hydrogens is 173 g/mol. The second-order valence-corrected chi connectivity index (χ2v) is 2.48. The van der Waals surface area contributed by atoms with Crippen molar-refractivity contribution in [1.82, 2.24) is 5.32 Å². The van der Waals surface area contributed by atoms with E-state index < -0.39 is 0 Å². The maximum absolute atomic E-state index is 10.2. The molecule has 0 radical (unpaired) electrons. The molecule has 0 unspecified atom stereocenters. The first-order valence-electron chi connectivity index (χ1n) is 3.68. The van der Waals surface area contributed by atoms with Gasteiger partial charge in [0.1, 0.15) is 0 Å². The molecule has 0 amide bonds. The van der Waals surface area contributed by atoms with E-state index >= 15 is 0 Å². The molecule has 0 spiro atoms. The molecule has 1 aromatic rings. The highest BCUT2D eigenvalue weighted by Gasteiger charge is 1.83. The van der Waals surface area contributed by atoms with Gasteiger partial charge in [0.25, 0.3) is 0 Å². The van der Waals surface area contributed by atoms with Crippen molar-refractivity contribution in [3.63, 3.8) is 0 Å². The third-order valence-electron chi connectivity index (χ3n) is 1.22. The van der Waals surface area contributed by atoms with Crippen molar-refractivity contribution in [2.45, 2.75) is 6.54 Å². The molecule has 1 rings (SSSR count). The molecule has 0 aliphatic carbocycles. The lowest BCUT2D eigenvalue weighted by atomic mass is 10.2. The van der Waals surface area contributed by atoms with E-state index in [1.807, 2.05) is 25.2 Å². The van der Waals surface area contributed by atoms with Crippen molar-refractivity contribution in [3.05, 3.63) is 35.9 Å². The van der Waals surface area contributed by atoms with Gasteiger partial charge >= 0.3 is 0 Å². The molecule has 1 aromatic carbocycles. The second kappa shape index (κ2) is 8.56. The molecule has 0 bridgehead atoms. The van der Waals surface area contributed by atoms with E-state index in [0.29, 0.717) is 0 Å². The number of hydrogen-bond acceptors (Lipinski definition) is 2. The van der Waals surface area contributed by atoms with Crippen LogP contribution in [0, 0.1) is 0 Å². The summed E-state index contributed by atoms with van der Waals surface area (Å²) in [5.41, 5.74) is 1.33. The Bertz CT molecular complexity index is 179. The maximum Gasteiger partial charge on any atom is 0.0408 e. The van der Waals surface area contributed by atoms with Gasteiger partial charge in [-0.1, -0.05) is 30.3 Å². The van der Waals surface area contributed by atoms with E-state index in [1.165, 1.54) is 11.8 Å². The van der Waals surface area contributed by atoms with Gasteiger partial charge in [0, 0.05) is 24.9 Å². The zero-order valence-electron chi connectivity index (χ0n) is 7.38. The first kappa shape index (κ1) is 11.5. The Kier molecular flexibility index (Phi) is 8.17. The number of benzene rings is 1. The number of halogens is 1. The van der Waals surface area contributed by atoms with Crippen molar-refractivity contribution < 1.29 is 3.89 Å². The van der Waals surface area contributed by atoms with Crippen molar-refractivity contribution in [2.24, 2.45) is 0 Å². The van der Waals surface area contributed by atoms with Crippen molar-refractivity contribution in [3.8, 4) is 0 Å². The lowest BCUT2D eigenvalue weighted by Gasteiger charge is -1.95. The van der Waals surface area contributed by atoms with Crippen LogP contribution in [0.3, 0.4) is 0 Å². The highest BCUT2D eigenvalue weighted by Crippen LogP contribution is 1.95. The molecular formula is C9H14FNS. The summed E-state index contributed by atoms with van der Waals surface area (Å²) < 4.78 is 10.2. The monoisotopic (exact) mass is 187 g/mol. The third kappa shape index (κ3) is 6.19. The Balaban J connectivity index is 0.000000354. The summed E-state index contributed by atoms with van der Waals surface area (Å²) in [5, 5.41) is 3.08. The van der Waals surface area contributed by atoms with Gasteiger partial charge in [0.05, 0.1) is 0 Å². The van der Waals surface area contributed by atoms with Gasteiger partial charge in [-0.3, -0.25) is 0 Å². The van der Waals surface area contributed by atoms with Crippen LogP contribution in [0.15, 0.2) is 30.3 Å². The van der Waals surface area contributed by atoms with Gasteiger partial charge < -0.3 is 5.32 Å². The number of rotatable bonds is 2. The molecule has 1 nitrogen and oxygen atoms in total. The largest absolute Gasteiger partial charge is 0.316 e. The Morgan fingerprint density at radius 3 is 2.25 bits per heavy atom. The molecule has 12 heavy (non-hydrogen) atoms. The summed E-state index contributed by atoms with van der Waals surface area (Å²) in [4.78, 5) is 0. The Hall–Kier alpha value is -0.540. The Morgan fingerprint density at radius 2 is 1.83 bits per heavy atom. The minimum atomic E-state index is 0.250. The molecule has 0 atom stereocenters. The normalized spacial score (nSPS) is 8.58. The molecule has 0 aliphatic heterocycles. The van der Waals surface area contributed by atoms with Gasteiger partial charge in [0.15, 0.2) is 0 Å². The van der Waals surface area contributed by atoms with Gasteiger partial charge in [-0.2, -0.15) is 3.89 Å². The standard InChI is InChI=1S/C8H11N.CH3FS/c1-9-7-8-5-3-2-4-6-8;1-3-2/h2-6,9H,7H2,1H3;1H3. The molecule has 3 heteroatoms. The smallest absolute Gasteiger partial charge is 0.0408 e. The van der Waals surface area contributed by atoms with Crippen LogP contribution in [-0.4, -0.2) is 13.3 Å². The van der Waals surface area contributed by atoms with E-state index in [4.69, 9.17) is 0 Å². The van der Waals surface area contributed by atoms with Crippen LogP contribution in [0.4, 0.5) is 3.89 Å². The highest BCUT2D eigenvalue weighted by atomic mass is 32.2. The van der Waals surface area contributed by atoms with Gasteiger partial charge in [-0.05, 0) is 12.6 Å². The lowest BCUT2D eigenvalue weighted by Crippen LogP contribution is -2.04. The van der Waals surface area contributed by atoms with E-state index in [1.54, 1.807) is 0 Å². The second-order valence-electron chi connectivity index (χ2n) is 2.17. The molecule has 68 valence electrons. The molecule has 0 aliphatic rings. The van der Waals surface area contributed by atoms with Crippen LogP contribution in [-0.2, 0) is 6.54 Å². The minimum Gasteiger partial charge on any atom is -0.316 e. The lowest BCUT2D eigenvalue weighted by molar-refractivity contribution is 0.818. The fourth-order valence-corrected chi connectivity index (χ4v) is 0.800. The zero-order valence-corrected chi connectivity index (χ0v) is 8.20. The fraction of sp³-hybridized carbons (Fsp3) is 0.333. The van der Waals surface area contributed by atoms with Gasteiger partial charge in [-0.15, -0.1) is 0 Å². The topological polar surface area (TPSA) is 12.0 Å². The van der Waals surface area contributed by atoms with Gasteiger partial charge in [0.2, 0.25) is 0 Å². The fourth-order valence-electron chi connectivity index (χ4n) is 0.800. The zero-order chi connectivity index (χ0) is 9.23. The number of hydrogen-bond donors (Lipinski definition) is 1. The van der Waals surface area contributed by atoms with Crippen LogP contribution in [0.2, 0.25) is 0 Å². The van der Waals surface area contributed by atoms with E-state index in [9.17, 15) is 3.89 Å². The van der Waals surface area contributed by atoms with E-state index in [0.717, 1.165) is 6.54 Å². The summed E-state index contributed by atoms with van der Waals surface area (Å²) in [6.07, 6.45) is 1.38. The summed E-state index contributed by atoms with van der Waals surface area (Å²) >= 11 is 0.250. The summed E-state index contributed by atoms with van der Waals surface area (Å²) in [7, 11) is 1.95. The van der Waals surface area contributed by atoms with Crippen molar-refractivity contribution in [2.75, 3.05) is 13.3 Å². The highest BCUT2D eigenvalue weighted by molar-refractivity contribution is 7.93. The average molecular weight is 187 g/mol. The molecule has 0 saturated heterocycles. The number of nitrogens with one attached hydrogen (secondary N) is 1. The van der Waals surface area contributed by atoms with E-state index in [-0.39, 0.29) is 12.1 Å². The van der Waals surface area contributed by atoms with Crippen molar-refractivity contribution >= 4 is 12.1 Å². The van der Waals surface area contributed by atoms with Crippen LogP contribution in [0.25, 0.3) is 0 Å². The molecule has 0 heterocycles.